The molecule has 122 valence electrons. The summed E-state index contributed by atoms with van der Waals surface area (Å²) in [4.78, 5) is 28.9. The van der Waals surface area contributed by atoms with Gasteiger partial charge in [-0.15, -0.1) is 5.10 Å². The lowest BCUT2D eigenvalue weighted by molar-refractivity contribution is -0.135. The van der Waals surface area contributed by atoms with Crippen molar-refractivity contribution in [2.75, 3.05) is 26.7 Å². The second kappa shape index (κ2) is 6.45. The Kier molecular flexibility index (Phi) is 4.38. The van der Waals surface area contributed by atoms with E-state index in [-0.39, 0.29) is 30.5 Å². The van der Waals surface area contributed by atoms with Crippen molar-refractivity contribution >= 4 is 16.8 Å². The molecule has 1 atom stereocenters. The van der Waals surface area contributed by atoms with Gasteiger partial charge >= 0.3 is 0 Å². The van der Waals surface area contributed by atoms with Gasteiger partial charge in [0.05, 0.1) is 11.9 Å². The van der Waals surface area contributed by atoms with Crippen LogP contribution in [0.3, 0.4) is 0 Å². The summed E-state index contributed by atoms with van der Waals surface area (Å²) in [5, 5.41) is 8.50. The molecule has 7 nitrogen and oxygen atoms in total. The average Bonchev–Trinajstić information content (AvgIpc) is 2.54. The van der Waals surface area contributed by atoms with Gasteiger partial charge in [0.25, 0.3) is 5.56 Å². The van der Waals surface area contributed by atoms with Crippen LogP contribution in [0.25, 0.3) is 10.9 Å². The van der Waals surface area contributed by atoms with Gasteiger partial charge in [-0.2, -0.15) is 0 Å². The van der Waals surface area contributed by atoms with E-state index in [4.69, 9.17) is 0 Å². The first-order chi connectivity index (χ1) is 11.1. The number of amides is 1. The number of benzene rings is 1. The quantitative estimate of drug-likeness (QED) is 0.817. The molecular weight excluding hydrogens is 294 g/mol. The molecule has 0 N–H and O–H groups in total. The number of aromatic nitrogens is 3. The van der Waals surface area contributed by atoms with Crippen LogP contribution in [0.5, 0.6) is 0 Å². The SMILES string of the molecule is CC1CN(C)CCN1C(=O)CCn1nnc2ccccc2c1=O. The Labute approximate surface area is 134 Å². The second-order valence-corrected chi connectivity index (χ2v) is 6.08. The second-order valence-electron chi connectivity index (χ2n) is 6.08. The van der Waals surface area contributed by atoms with E-state index in [1.807, 2.05) is 11.0 Å². The third-order valence-corrected chi connectivity index (χ3v) is 4.32. The summed E-state index contributed by atoms with van der Waals surface area (Å²) in [6.45, 7) is 4.80. The van der Waals surface area contributed by atoms with E-state index in [0.29, 0.717) is 10.9 Å². The maximum atomic E-state index is 12.4. The van der Waals surface area contributed by atoms with Crippen molar-refractivity contribution < 1.29 is 4.79 Å². The summed E-state index contributed by atoms with van der Waals surface area (Å²) in [6.07, 6.45) is 0.265. The van der Waals surface area contributed by atoms with Gasteiger partial charge in [-0.3, -0.25) is 9.59 Å². The first-order valence-electron chi connectivity index (χ1n) is 7.87. The summed E-state index contributed by atoms with van der Waals surface area (Å²) in [5.74, 6) is 0.0625. The van der Waals surface area contributed by atoms with Gasteiger partial charge in [0.2, 0.25) is 5.91 Å². The molecule has 0 aliphatic carbocycles. The van der Waals surface area contributed by atoms with Crippen LogP contribution in [0.15, 0.2) is 29.1 Å². The predicted octanol–water partition coefficient (Wildman–Crippen LogP) is 0.344. The van der Waals surface area contributed by atoms with E-state index < -0.39 is 0 Å². The molecule has 0 bridgehead atoms. The molecular formula is C16H21N5O2. The van der Waals surface area contributed by atoms with E-state index in [1.165, 1.54) is 4.68 Å². The van der Waals surface area contributed by atoms with Gasteiger partial charge in [0.1, 0.15) is 5.52 Å². The molecule has 1 fully saturated rings. The normalized spacial score (nSPS) is 19.2. The van der Waals surface area contributed by atoms with Gasteiger partial charge in [0, 0.05) is 32.1 Å². The number of piperazine rings is 1. The number of fused-ring (bicyclic) bond motifs is 1. The van der Waals surface area contributed by atoms with Gasteiger partial charge in [-0.05, 0) is 26.1 Å². The molecule has 1 amide bonds. The zero-order valence-electron chi connectivity index (χ0n) is 13.5. The van der Waals surface area contributed by atoms with Crippen molar-refractivity contribution in [3.05, 3.63) is 34.6 Å². The molecule has 3 rings (SSSR count). The molecule has 1 aromatic carbocycles. The minimum absolute atomic E-state index is 0.0625. The van der Waals surface area contributed by atoms with Crippen molar-refractivity contribution in [1.29, 1.82) is 0 Å². The van der Waals surface area contributed by atoms with Crippen molar-refractivity contribution in [2.45, 2.75) is 25.9 Å². The summed E-state index contributed by atoms with van der Waals surface area (Å²) in [6, 6.07) is 7.30. The van der Waals surface area contributed by atoms with Gasteiger partial charge in [0.15, 0.2) is 0 Å². The van der Waals surface area contributed by atoms with Crippen LogP contribution in [0, 0.1) is 0 Å². The number of hydrogen-bond acceptors (Lipinski definition) is 5. The standard InChI is InChI=1S/C16H21N5O2/c1-12-11-19(2)9-10-20(12)15(22)7-8-21-16(23)13-5-3-4-6-14(13)17-18-21/h3-6,12H,7-11H2,1-2H3. The van der Waals surface area contributed by atoms with Crippen LogP contribution in [0.4, 0.5) is 0 Å². The van der Waals surface area contributed by atoms with Crippen molar-refractivity contribution in [1.82, 2.24) is 24.8 Å². The first kappa shape index (κ1) is 15.6. The third-order valence-electron chi connectivity index (χ3n) is 4.32. The maximum absolute atomic E-state index is 12.4. The van der Waals surface area contributed by atoms with E-state index in [9.17, 15) is 9.59 Å². The van der Waals surface area contributed by atoms with Gasteiger partial charge in [-0.1, -0.05) is 17.3 Å². The Hall–Kier alpha value is -2.28. The lowest BCUT2D eigenvalue weighted by atomic mass is 10.2. The summed E-state index contributed by atoms with van der Waals surface area (Å²) in [5.41, 5.74) is 0.377. The molecule has 1 aliphatic heterocycles. The predicted molar refractivity (Wildman–Crippen MR) is 87.1 cm³/mol. The minimum Gasteiger partial charge on any atom is -0.337 e. The van der Waals surface area contributed by atoms with Gasteiger partial charge < -0.3 is 9.80 Å². The molecule has 7 heteroatoms. The fourth-order valence-electron chi connectivity index (χ4n) is 3.03. The average molecular weight is 315 g/mol. The highest BCUT2D eigenvalue weighted by Gasteiger charge is 2.25. The Morgan fingerprint density at radius 1 is 1.30 bits per heavy atom. The molecule has 0 spiro atoms. The van der Waals surface area contributed by atoms with E-state index in [0.717, 1.165) is 19.6 Å². The van der Waals surface area contributed by atoms with Crippen LogP contribution in [-0.4, -0.2) is 63.4 Å². The summed E-state index contributed by atoms with van der Waals surface area (Å²) in [7, 11) is 2.06. The lowest BCUT2D eigenvalue weighted by Crippen LogP contribution is -2.52. The number of aryl methyl sites for hydroxylation is 1. The topological polar surface area (TPSA) is 71.3 Å². The zero-order chi connectivity index (χ0) is 16.4. The number of nitrogens with zero attached hydrogens (tertiary/aromatic N) is 5. The van der Waals surface area contributed by atoms with E-state index >= 15 is 0 Å². The Morgan fingerprint density at radius 3 is 2.87 bits per heavy atom. The van der Waals surface area contributed by atoms with Crippen molar-refractivity contribution in [2.24, 2.45) is 0 Å². The number of likely N-dealkylation sites (N-methyl/N-ethyl adjacent to an activating group) is 1. The molecule has 0 radical (unpaired) electrons. The number of carbonyl (C=O) groups is 1. The molecule has 23 heavy (non-hydrogen) atoms. The summed E-state index contributed by atoms with van der Waals surface area (Å²) < 4.78 is 1.28. The molecule has 1 saturated heterocycles. The lowest BCUT2D eigenvalue weighted by Gasteiger charge is -2.38. The fraction of sp³-hybridized carbons (Fsp3) is 0.500. The van der Waals surface area contributed by atoms with E-state index in [1.54, 1.807) is 18.2 Å². The molecule has 0 saturated carbocycles. The number of hydrogen-bond donors (Lipinski definition) is 0. The Balaban J connectivity index is 1.70. The van der Waals surface area contributed by atoms with Crippen molar-refractivity contribution in [3.63, 3.8) is 0 Å². The number of rotatable bonds is 3. The number of carbonyl (C=O) groups excluding carboxylic acids is 1. The Morgan fingerprint density at radius 2 is 2.09 bits per heavy atom. The third kappa shape index (κ3) is 3.24. The van der Waals surface area contributed by atoms with Crippen LogP contribution in [0.1, 0.15) is 13.3 Å². The van der Waals surface area contributed by atoms with Gasteiger partial charge in [-0.25, -0.2) is 4.68 Å². The van der Waals surface area contributed by atoms with Crippen LogP contribution < -0.4 is 5.56 Å². The monoisotopic (exact) mass is 315 g/mol. The highest BCUT2D eigenvalue weighted by atomic mass is 16.2. The highest BCUT2D eigenvalue weighted by molar-refractivity contribution is 5.77. The van der Waals surface area contributed by atoms with Crippen LogP contribution in [-0.2, 0) is 11.3 Å². The highest BCUT2D eigenvalue weighted by Crippen LogP contribution is 2.10. The molecule has 2 aromatic rings. The molecule has 2 heterocycles. The zero-order valence-corrected chi connectivity index (χ0v) is 13.5. The fourth-order valence-corrected chi connectivity index (χ4v) is 3.03. The van der Waals surface area contributed by atoms with Crippen LogP contribution in [0.2, 0.25) is 0 Å². The Bertz CT molecular complexity index is 772. The smallest absolute Gasteiger partial charge is 0.277 e. The summed E-state index contributed by atoms with van der Waals surface area (Å²) >= 11 is 0. The molecule has 1 aromatic heterocycles. The van der Waals surface area contributed by atoms with Crippen molar-refractivity contribution in [3.8, 4) is 0 Å². The first-order valence-corrected chi connectivity index (χ1v) is 7.87. The molecule has 1 unspecified atom stereocenters. The molecule has 1 aliphatic rings. The minimum atomic E-state index is -0.199. The van der Waals surface area contributed by atoms with Crippen LogP contribution >= 0.6 is 0 Å². The maximum Gasteiger partial charge on any atom is 0.277 e. The van der Waals surface area contributed by atoms with E-state index in [2.05, 4.69) is 29.2 Å². The largest absolute Gasteiger partial charge is 0.337 e.